The van der Waals surface area contributed by atoms with Crippen molar-refractivity contribution >= 4 is 80.3 Å². The number of unbranched alkanes of at least 4 members (excludes halogenated alkanes) is 1. The molecule has 0 aliphatic carbocycles. The lowest BCUT2D eigenvalue weighted by Gasteiger charge is -2.22. The van der Waals surface area contributed by atoms with Crippen LogP contribution in [0.3, 0.4) is 0 Å². The van der Waals surface area contributed by atoms with Crippen molar-refractivity contribution in [1.29, 1.82) is 0 Å². The molecule has 4 aliphatic rings. The van der Waals surface area contributed by atoms with Gasteiger partial charge < -0.3 is 30.0 Å². The average Bonchev–Trinajstić information content (AvgIpc) is 3.88. The summed E-state index contributed by atoms with van der Waals surface area (Å²) in [5.41, 5.74) is 14.4. The molecule has 3 N–H and O–H groups in total. The number of carbonyl (C=O) groups is 4. The molecule has 0 spiro atoms. The first-order chi connectivity index (χ1) is 34.6. The van der Waals surface area contributed by atoms with E-state index >= 15 is 0 Å². The zero-order valence-corrected chi connectivity index (χ0v) is 41.8. The number of para-hydroxylation sites is 2. The maximum atomic E-state index is 14.0. The Balaban J connectivity index is 0.856. The standard InChI is InChI=1S/C55H58N6O8S2/c1-4-49(62)44(56)16-19-70-71-20-17-57-53(63)15-9-10-18-67-41-23-35(32-68-50-28-45-42(21-34(50)2)54(64)60-39(30-58-45)25-37-11-5-7-13-47(37)60)22-36(24-41)33-69-52-29-46-43(27-51(52)66-3)55(65)61-40(31-59-46)26-38-12-6-8-14-48(38)61/h5-8,11-14,21-24,27-31,39-40,44H,4,9-10,15-20,25-26,32-33,56H2,1-3H3,(H,57,63). The van der Waals surface area contributed by atoms with Crippen molar-refractivity contribution in [2.24, 2.45) is 15.7 Å². The molecule has 0 aromatic heterocycles. The van der Waals surface area contributed by atoms with E-state index in [2.05, 4.69) is 11.4 Å². The van der Waals surface area contributed by atoms with Crippen molar-refractivity contribution in [2.75, 3.05) is 41.6 Å². The molecule has 4 aliphatic heterocycles. The number of Topliss-reactive ketones (excluding diaryl/α,β-unsaturated/α-hetero) is 1. The van der Waals surface area contributed by atoms with Crippen LogP contribution in [0.4, 0.5) is 22.7 Å². The highest BCUT2D eigenvalue weighted by Gasteiger charge is 2.38. The highest BCUT2D eigenvalue weighted by Crippen LogP contribution is 2.42. The molecule has 0 radical (unpaired) electrons. The zero-order chi connectivity index (χ0) is 49.4. The van der Waals surface area contributed by atoms with Crippen LogP contribution in [0.15, 0.2) is 101 Å². The van der Waals surface area contributed by atoms with Crippen molar-refractivity contribution in [1.82, 2.24) is 5.32 Å². The van der Waals surface area contributed by atoms with E-state index in [-0.39, 0.29) is 48.8 Å². The predicted octanol–water partition coefficient (Wildman–Crippen LogP) is 9.48. The molecule has 4 heterocycles. The van der Waals surface area contributed by atoms with Crippen molar-refractivity contribution in [2.45, 2.75) is 90.1 Å². The van der Waals surface area contributed by atoms with Crippen molar-refractivity contribution in [3.63, 3.8) is 0 Å². The molecule has 5 aromatic rings. The van der Waals surface area contributed by atoms with Crippen LogP contribution < -0.4 is 39.8 Å². The van der Waals surface area contributed by atoms with Gasteiger partial charge in [-0.1, -0.05) is 64.9 Å². The first kappa shape index (κ1) is 49.4. The van der Waals surface area contributed by atoms with Gasteiger partial charge in [0, 0.05) is 79.7 Å². The summed E-state index contributed by atoms with van der Waals surface area (Å²) < 4.78 is 25.0. The summed E-state index contributed by atoms with van der Waals surface area (Å²) in [6.45, 7) is 5.03. The van der Waals surface area contributed by atoms with Crippen LogP contribution in [0.5, 0.6) is 23.0 Å². The molecule has 16 heteroatoms. The van der Waals surface area contributed by atoms with E-state index < -0.39 is 6.04 Å². The highest BCUT2D eigenvalue weighted by molar-refractivity contribution is 8.76. The van der Waals surface area contributed by atoms with Gasteiger partial charge in [0.05, 0.1) is 54.3 Å². The largest absolute Gasteiger partial charge is 0.494 e. The molecule has 368 valence electrons. The first-order valence-electron chi connectivity index (χ1n) is 24.2. The molecular weight excluding hydrogens is 937 g/mol. The molecule has 3 unspecified atom stereocenters. The highest BCUT2D eigenvalue weighted by atomic mass is 33.1. The van der Waals surface area contributed by atoms with Gasteiger partial charge >= 0.3 is 0 Å². The number of aryl methyl sites for hydroxylation is 1. The van der Waals surface area contributed by atoms with Gasteiger partial charge in [-0.05, 0) is 96.5 Å². The van der Waals surface area contributed by atoms with Crippen LogP contribution in [0.25, 0.3) is 0 Å². The second kappa shape index (κ2) is 22.6. The van der Waals surface area contributed by atoms with Crippen LogP contribution in [0.1, 0.15) is 87.6 Å². The minimum atomic E-state index is -0.403. The molecule has 0 fully saturated rings. The van der Waals surface area contributed by atoms with Crippen molar-refractivity contribution in [3.05, 3.63) is 130 Å². The summed E-state index contributed by atoms with van der Waals surface area (Å²) in [6, 6.07) is 28.2. The SMILES string of the molecule is CCC(=O)C(N)CCSSCCNC(=O)CCCCOc1cc(COc2cc3c(cc2C)C(=O)N2c4ccccc4CC2C=N3)cc(COc2cc3c(cc2OC)C(=O)N2c4ccccc4CC2C=N3)c1. The van der Waals surface area contributed by atoms with Gasteiger partial charge in [-0.3, -0.25) is 39.0 Å². The number of ketones is 1. The second-order valence-corrected chi connectivity index (χ2v) is 20.6. The van der Waals surface area contributed by atoms with E-state index in [9.17, 15) is 19.2 Å². The van der Waals surface area contributed by atoms with Gasteiger partial charge in [0.15, 0.2) is 11.5 Å². The number of nitrogens with one attached hydrogen (secondary N) is 1. The third-order valence-electron chi connectivity index (χ3n) is 13.0. The third-order valence-corrected chi connectivity index (χ3v) is 15.5. The van der Waals surface area contributed by atoms with Gasteiger partial charge in [0.2, 0.25) is 5.91 Å². The molecule has 0 bridgehead atoms. The Kier molecular flexibility index (Phi) is 15.7. The maximum absolute atomic E-state index is 14.0. The van der Waals surface area contributed by atoms with E-state index in [1.54, 1.807) is 45.7 Å². The number of nitrogens with two attached hydrogens (primary N) is 1. The summed E-state index contributed by atoms with van der Waals surface area (Å²) in [4.78, 5) is 65.5. The molecular formula is C55H58N6O8S2. The Morgan fingerprint density at radius 2 is 1.34 bits per heavy atom. The normalized spacial score (nSPS) is 16.5. The lowest BCUT2D eigenvalue weighted by Crippen LogP contribution is -2.37. The first-order valence-corrected chi connectivity index (χ1v) is 26.7. The van der Waals surface area contributed by atoms with Crippen LogP contribution in [-0.2, 0) is 35.6 Å². The van der Waals surface area contributed by atoms with Gasteiger partial charge in [-0.15, -0.1) is 0 Å². The number of rotatable bonds is 22. The fourth-order valence-electron chi connectivity index (χ4n) is 9.30. The number of hydrogen-bond acceptors (Lipinski definition) is 13. The molecule has 14 nitrogen and oxygen atoms in total. The number of anilines is 2. The smallest absolute Gasteiger partial charge is 0.261 e. The summed E-state index contributed by atoms with van der Waals surface area (Å²) in [5, 5.41) is 2.99. The second-order valence-electron chi connectivity index (χ2n) is 17.9. The van der Waals surface area contributed by atoms with Crippen LogP contribution in [0.2, 0.25) is 0 Å². The maximum Gasteiger partial charge on any atom is 0.261 e. The number of hydrogen-bond donors (Lipinski definition) is 2. The molecule has 0 saturated heterocycles. The van der Waals surface area contributed by atoms with Crippen LogP contribution in [-0.4, -0.2) is 85.8 Å². The monoisotopic (exact) mass is 994 g/mol. The molecule has 9 rings (SSSR count). The zero-order valence-electron chi connectivity index (χ0n) is 40.2. The van der Waals surface area contributed by atoms with Gasteiger partial charge in [0.1, 0.15) is 30.5 Å². The third kappa shape index (κ3) is 11.3. The average molecular weight is 995 g/mol. The number of benzene rings is 5. The van der Waals surface area contributed by atoms with E-state index in [0.29, 0.717) is 104 Å². The topological polar surface area (TPSA) is 174 Å². The number of carbonyl (C=O) groups excluding carboxylic acids is 4. The Bertz CT molecular complexity index is 2890. The Morgan fingerprint density at radius 3 is 1.97 bits per heavy atom. The minimum absolute atomic E-state index is 0.00688. The van der Waals surface area contributed by atoms with Gasteiger partial charge in [0.25, 0.3) is 11.8 Å². The van der Waals surface area contributed by atoms with E-state index in [4.69, 9.17) is 34.7 Å². The van der Waals surface area contributed by atoms with E-state index in [1.165, 1.54) is 0 Å². The Morgan fingerprint density at radius 1 is 0.746 bits per heavy atom. The number of fused-ring (bicyclic) bond motifs is 8. The molecule has 5 aromatic carbocycles. The quantitative estimate of drug-likeness (QED) is 0.0499. The molecule has 3 atom stereocenters. The number of amides is 3. The van der Waals surface area contributed by atoms with E-state index in [0.717, 1.165) is 50.7 Å². The van der Waals surface area contributed by atoms with Crippen molar-refractivity contribution in [3.8, 4) is 23.0 Å². The summed E-state index contributed by atoms with van der Waals surface area (Å²) in [6.07, 6.45) is 7.89. The number of ether oxygens (including phenoxy) is 4. The number of nitrogens with zero attached hydrogens (tertiary/aromatic N) is 4. The summed E-state index contributed by atoms with van der Waals surface area (Å²) in [5.74, 6) is 3.45. The fraction of sp³-hybridized carbons (Fsp3) is 0.345. The van der Waals surface area contributed by atoms with E-state index in [1.807, 2.05) is 104 Å². The van der Waals surface area contributed by atoms with Crippen LogP contribution in [0, 0.1) is 6.92 Å². The minimum Gasteiger partial charge on any atom is -0.494 e. The van der Waals surface area contributed by atoms with Crippen LogP contribution >= 0.6 is 21.6 Å². The molecule has 3 amide bonds. The Hall–Kier alpha value is -6.62. The lowest BCUT2D eigenvalue weighted by molar-refractivity contribution is -0.121. The predicted molar refractivity (Wildman–Crippen MR) is 282 cm³/mol. The van der Waals surface area contributed by atoms with Crippen molar-refractivity contribution < 1.29 is 38.1 Å². The summed E-state index contributed by atoms with van der Waals surface area (Å²) in [7, 11) is 4.87. The molecule has 0 saturated carbocycles. The fourth-order valence-corrected chi connectivity index (χ4v) is 11.3. The molecule has 71 heavy (non-hydrogen) atoms. The van der Waals surface area contributed by atoms with Gasteiger partial charge in [-0.25, -0.2) is 0 Å². The lowest BCUT2D eigenvalue weighted by atomic mass is 10.1. The Labute approximate surface area is 422 Å². The number of methoxy groups -OCH3 is 1. The van der Waals surface area contributed by atoms with Gasteiger partial charge in [-0.2, -0.15) is 0 Å². The number of aliphatic imine (C=N–C) groups is 2. The summed E-state index contributed by atoms with van der Waals surface area (Å²) >= 11 is 0.